The van der Waals surface area contributed by atoms with E-state index in [2.05, 4.69) is 24.0 Å². The second kappa shape index (κ2) is 7.96. The summed E-state index contributed by atoms with van der Waals surface area (Å²) < 4.78 is 15.1. The van der Waals surface area contributed by atoms with Crippen LogP contribution in [0.4, 0.5) is 4.39 Å². The number of nitrogens with zero attached hydrogens (tertiary/aromatic N) is 4. The highest BCUT2D eigenvalue weighted by molar-refractivity contribution is 5.70. The minimum Gasteiger partial charge on any atom is -0.511 e. The van der Waals surface area contributed by atoms with Gasteiger partial charge in [0.25, 0.3) is 0 Å². The summed E-state index contributed by atoms with van der Waals surface area (Å²) in [6.45, 7) is 6.17. The number of allylic oxidation sites excluding steroid dienone is 2. The molecular formula is C30H29FN4O. The summed E-state index contributed by atoms with van der Waals surface area (Å²) in [5.41, 5.74) is 4.12. The fraction of sp³-hybridized carbons (Fsp3) is 0.400. The number of benzene rings is 1. The van der Waals surface area contributed by atoms with Crippen LogP contribution in [0.3, 0.4) is 0 Å². The molecule has 3 aromatic rings. The Morgan fingerprint density at radius 2 is 1.86 bits per heavy atom. The zero-order chi connectivity index (χ0) is 25.2. The highest BCUT2D eigenvalue weighted by Crippen LogP contribution is 2.58. The second-order valence-electron chi connectivity index (χ2n) is 11.3. The molecule has 182 valence electrons. The molecule has 2 aromatic heterocycles. The minimum absolute atomic E-state index is 0.0743. The molecular weight excluding hydrogens is 451 g/mol. The standard InChI is InChI=1S/C30H29FN4O/c1-29(2)24-11-10-21-25(20-6-4-5-7-22(20)31)34-28(18-12-13-33-23(14-18)17-8-9-17)35-26(21)30(24,3)15-19(16-32)27(29)36/h4-7,12-14,17,24,36H,8-11,15H2,1-3H3/t24-,30-/m1/s1. The molecule has 36 heavy (non-hydrogen) atoms. The fourth-order valence-corrected chi connectivity index (χ4v) is 6.62. The first kappa shape index (κ1) is 22.8. The van der Waals surface area contributed by atoms with Crippen LogP contribution >= 0.6 is 0 Å². The van der Waals surface area contributed by atoms with E-state index >= 15 is 4.39 Å². The summed E-state index contributed by atoms with van der Waals surface area (Å²) in [4.78, 5) is 14.7. The van der Waals surface area contributed by atoms with Crippen molar-refractivity contribution in [2.45, 2.75) is 64.2 Å². The molecule has 6 heteroatoms. The smallest absolute Gasteiger partial charge is 0.160 e. The van der Waals surface area contributed by atoms with Crippen molar-refractivity contribution in [3.8, 4) is 28.7 Å². The predicted molar refractivity (Wildman–Crippen MR) is 135 cm³/mol. The first-order chi connectivity index (χ1) is 17.2. The molecule has 0 aliphatic heterocycles. The van der Waals surface area contributed by atoms with E-state index in [9.17, 15) is 10.4 Å². The largest absolute Gasteiger partial charge is 0.511 e. The molecule has 1 saturated carbocycles. The molecule has 0 saturated heterocycles. The van der Waals surface area contributed by atoms with E-state index < -0.39 is 10.8 Å². The Balaban J connectivity index is 1.62. The highest BCUT2D eigenvalue weighted by atomic mass is 19.1. The number of nitriles is 1. The molecule has 3 aliphatic carbocycles. The molecule has 1 N–H and O–H groups in total. The van der Waals surface area contributed by atoms with E-state index in [0.717, 1.165) is 41.8 Å². The molecule has 2 heterocycles. The molecule has 3 aliphatic rings. The topological polar surface area (TPSA) is 82.7 Å². The van der Waals surface area contributed by atoms with Gasteiger partial charge >= 0.3 is 0 Å². The second-order valence-corrected chi connectivity index (χ2v) is 11.3. The van der Waals surface area contributed by atoms with Crippen molar-refractivity contribution in [3.05, 3.63) is 76.7 Å². The molecule has 2 atom stereocenters. The number of fused-ring (bicyclic) bond motifs is 3. The van der Waals surface area contributed by atoms with Crippen molar-refractivity contribution in [1.82, 2.24) is 15.0 Å². The molecule has 6 rings (SSSR count). The van der Waals surface area contributed by atoms with Crippen molar-refractivity contribution in [2.75, 3.05) is 0 Å². The quantitative estimate of drug-likeness (QED) is 0.445. The predicted octanol–water partition coefficient (Wildman–Crippen LogP) is 6.81. The number of halogens is 1. The SMILES string of the molecule is CC1(C)C(O)=C(C#N)C[C@@]2(C)c3nc(-c4ccnc(C5CC5)c4)nc(-c4ccccc4F)c3CC[C@H]12. The number of pyridine rings is 1. The monoisotopic (exact) mass is 480 g/mol. The van der Waals surface area contributed by atoms with Gasteiger partial charge in [-0.3, -0.25) is 4.98 Å². The zero-order valence-electron chi connectivity index (χ0n) is 20.8. The third kappa shape index (κ3) is 3.37. The van der Waals surface area contributed by atoms with Crippen molar-refractivity contribution in [1.29, 1.82) is 5.26 Å². The Bertz CT molecular complexity index is 1470. The van der Waals surface area contributed by atoms with Crippen LogP contribution in [0.15, 0.2) is 53.9 Å². The van der Waals surface area contributed by atoms with Crippen LogP contribution in [0, 0.1) is 28.5 Å². The van der Waals surface area contributed by atoms with Crippen molar-refractivity contribution in [2.24, 2.45) is 11.3 Å². The van der Waals surface area contributed by atoms with Crippen LogP contribution in [0.5, 0.6) is 0 Å². The van der Waals surface area contributed by atoms with Crippen molar-refractivity contribution < 1.29 is 9.50 Å². The van der Waals surface area contributed by atoms with Gasteiger partial charge in [-0.05, 0) is 62.3 Å². The summed E-state index contributed by atoms with van der Waals surface area (Å²) in [5, 5.41) is 20.8. The van der Waals surface area contributed by atoms with Crippen LogP contribution in [-0.2, 0) is 11.8 Å². The summed E-state index contributed by atoms with van der Waals surface area (Å²) in [5.74, 6) is 0.978. The lowest BCUT2D eigenvalue weighted by atomic mass is 9.51. The van der Waals surface area contributed by atoms with Crippen molar-refractivity contribution in [3.63, 3.8) is 0 Å². The third-order valence-corrected chi connectivity index (χ3v) is 8.61. The Labute approximate surface area is 210 Å². The number of hydrogen-bond donors (Lipinski definition) is 1. The van der Waals surface area contributed by atoms with Crippen molar-refractivity contribution >= 4 is 0 Å². The molecule has 5 nitrogen and oxygen atoms in total. The van der Waals surface area contributed by atoms with Gasteiger partial charge in [0.15, 0.2) is 5.82 Å². The molecule has 0 radical (unpaired) electrons. The van der Waals surface area contributed by atoms with Crippen LogP contribution in [0.2, 0.25) is 0 Å². The molecule has 1 aromatic carbocycles. The Hall–Kier alpha value is -3.59. The number of aliphatic hydroxyl groups is 1. The lowest BCUT2D eigenvalue weighted by Gasteiger charge is -2.52. The highest BCUT2D eigenvalue weighted by Gasteiger charge is 2.55. The van der Waals surface area contributed by atoms with E-state index in [1.54, 1.807) is 18.3 Å². The fourth-order valence-electron chi connectivity index (χ4n) is 6.62. The summed E-state index contributed by atoms with van der Waals surface area (Å²) >= 11 is 0. The van der Waals surface area contributed by atoms with Gasteiger partial charge in [-0.1, -0.05) is 32.9 Å². The molecule has 0 bridgehead atoms. The van der Waals surface area contributed by atoms with Crippen LogP contribution < -0.4 is 0 Å². The molecule has 1 fully saturated rings. The van der Waals surface area contributed by atoms with E-state index in [0.29, 0.717) is 41.4 Å². The minimum atomic E-state index is -0.575. The maximum Gasteiger partial charge on any atom is 0.160 e. The van der Waals surface area contributed by atoms with Gasteiger partial charge in [-0.15, -0.1) is 0 Å². The maximum atomic E-state index is 15.1. The summed E-state index contributed by atoms with van der Waals surface area (Å²) in [7, 11) is 0. The average molecular weight is 481 g/mol. The first-order valence-electron chi connectivity index (χ1n) is 12.7. The number of aliphatic hydroxyl groups excluding tert-OH is 1. The van der Waals surface area contributed by atoms with Gasteiger partial charge in [0.05, 0.1) is 23.0 Å². The Kier molecular flexibility index (Phi) is 5.05. The Morgan fingerprint density at radius 1 is 1.08 bits per heavy atom. The summed E-state index contributed by atoms with van der Waals surface area (Å²) in [6, 6.07) is 13.0. The van der Waals surface area contributed by atoms with Gasteiger partial charge in [0, 0.05) is 45.3 Å². The van der Waals surface area contributed by atoms with Gasteiger partial charge in [0.2, 0.25) is 0 Å². The van der Waals surface area contributed by atoms with Gasteiger partial charge in [-0.2, -0.15) is 5.26 Å². The normalized spacial score (nSPS) is 24.6. The van der Waals surface area contributed by atoms with E-state index in [4.69, 9.17) is 9.97 Å². The van der Waals surface area contributed by atoms with Gasteiger partial charge in [0.1, 0.15) is 11.6 Å². The van der Waals surface area contributed by atoms with Gasteiger partial charge in [-0.25, -0.2) is 14.4 Å². The van der Waals surface area contributed by atoms with E-state index in [1.807, 2.05) is 26.0 Å². The maximum absolute atomic E-state index is 15.1. The lowest BCUT2D eigenvalue weighted by molar-refractivity contribution is 0.0630. The van der Waals surface area contributed by atoms with Crippen LogP contribution in [-0.4, -0.2) is 20.1 Å². The lowest BCUT2D eigenvalue weighted by Crippen LogP contribution is -2.49. The van der Waals surface area contributed by atoms with Crippen LogP contribution in [0.25, 0.3) is 22.6 Å². The van der Waals surface area contributed by atoms with Gasteiger partial charge < -0.3 is 5.11 Å². The average Bonchev–Trinajstić information content (AvgIpc) is 3.72. The third-order valence-electron chi connectivity index (χ3n) is 8.61. The molecule has 0 unspecified atom stereocenters. The molecule has 0 amide bonds. The number of hydrogen-bond acceptors (Lipinski definition) is 5. The van der Waals surface area contributed by atoms with E-state index in [-0.39, 0.29) is 17.5 Å². The van der Waals surface area contributed by atoms with Crippen LogP contribution in [0.1, 0.15) is 69.3 Å². The number of aromatic nitrogens is 3. The Morgan fingerprint density at radius 3 is 2.58 bits per heavy atom. The summed E-state index contributed by atoms with van der Waals surface area (Å²) in [6.07, 6.45) is 5.96. The molecule has 0 spiro atoms. The van der Waals surface area contributed by atoms with E-state index in [1.165, 1.54) is 6.07 Å². The number of rotatable bonds is 3. The zero-order valence-corrected chi connectivity index (χ0v) is 20.8. The first-order valence-corrected chi connectivity index (χ1v) is 12.7.